The lowest BCUT2D eigenvalue weighted by atomic mass is 9.79. The molecule has 1 fully saturated rings. The SMILES string of the molecule is C/C=C/[C@H](O)C(C)(C)[C@@H]1C\C=C/C=C\C=C\[C@H](C)Cc2nc(cs2)C(=O)O[C@H](C(C)(C)[C@@H](O)/C=C/C)C/C=C\[C@H]2O[C@H]2/C=C/C=C\c2nc(co2)C(=O)O1. The Morgan fingerprint density at radius 3 is 2.04 bits per heavy atom. The Hall–Kier alpha value is -4.42. The van der Waals surface area contributed by atoms with Gasteiger partial charge in [-0.25, -0.2) is 19.6 Å². The van der Waals surface area contributed by atoms with Crippen LogP contribution in [0.1, 0.15) is 93.2 Å². The van der Waals surface area contributed by atoms with Gasteiger partial charge in [0.15, 0.2) is 11.4 Å². The van der Waals surface area contributed by atoms with Gasteiger partial charge in [-0.2, -0.15) is 0 Å². The van der Waals surface area contributed by atoms with Crippen molar-refractivity contribution in [1.82, 2.24) is 9.97 Å². The van der Waals surface area contributed by atoms with Gasteiger partial charge in [0.2, 0.25) is 5.89 Å². The van der Waals surface area contributed by atoms with Crippen LogP contribution in [-0.4, -0.2) is 68.7 Å². The van der Waals surface area contributed by atoms with Crippen LogP contribution in [0.2, 0.25) is 0 Å². The Labute approximate surface area is 323 Å². The quantitative estimate of drug-likeness (QED) is 0.168. The number of nitrogens with zero attached hydrogens (tertiary/aromatic N) is 2. The van der Waals surface area contributed by atoms with Gasteiger partial charge in [-0.05, 0) is 19.8 Å². The number of allylic oxidation sites excluding steroid dienone is 9. The molecule has 1 saturated heterocycles. The standard InChI is InChI=1S/C43H54N2O8S/c1-8-18-34(46)42(4,5)36-23-14-12-10-11-13-20-29(3)26-39-45-31(28-54-39)41(49)53-37(43(6,7)35(47)19-9-2)24-17-22-33-32(51-33)21-15-16-25-38-44-30(27-50-38)40(48)52-36/h8-22,25,27-29,32-37,46-47H,23-24,26H2,1-7H3/b11-10-,14-12-,18-8+,19-9+,20-13+,21-15+,22-17-,25-16-/t29-,32-,33+,34-,35-,36-,37-/m0/s1. The zero-order chi connectivity index (χ0) is 39.3. The molecule has 0 aliphatic carbocycles. The van der Waals surface area contributed by atoms with E-state index in [1.807, 2.05) is 96.2 Å². The fourth-order valence-corrected chi connectivity index (χ4v) is 6.59. The first-order valence-corrected chi connectivity index (χ1v) is 19.2. The molecule has 0 saturated carbocycles. The molecule has 2 aliphatic heterocycles. The molecular formula is C43H54N2O8S. The van der Waals surface area contributed by atoms with E-state index < -0.39 is 47.2 Å². The molecule has 10 nitrogen and oxygen atoms in total. The van der Waals surface area contributed by atoms with Gasteiger partial charge in [0.05, 0.1) is 17.2 Å². The molecule has 54 heavy (non-hydrogen) atoms. The highest BCUT2D eigenvalue weighted by Gasteiger charge is 2.40. The molecule has 11 heteroatoms. The van der Waals surface area contributed by atoms with E-state index in [2.05, 4.69) is 23.0 Å². The van der Waals surface area contributed by atoms with Gasteiger partial charge >= 0.3 is 11.9 Å². The van der Waals surface area contributed by atoms with Gasteiger partial charge in [0.1, 0.15) is 30.7 Å². The smallest absolute Gasteiger partial charge is 0.360 e. The van der Waals surface area contributed by atoms with Crippen molar-refractivity contribution in [2.24, 2.45) is 16.7 Å². The van der Waals surface area contributed by atoms with E-state index in [0.29, 0.717) is 19.3 Å². The van der Waals surface area contributed by atoms with Crippen LogP contribution in [-0.2, 0) is 20.6 Å². The van der Waals surface area contributed by atoms with Gasteiger partial charge in [-0.3, -0.25) is 0 Å². The molecule has 4 bridgehead atoms. The Balaban J connectivity index is 1.56. The third-order valence-electron chi connectivity index (χ3n) is 9.57. The number of aromatic nitrogens is 2. The van der Waals surface area contributed by atoms with Crippen LogP contribution in [0.5, 0.6) is 0 Å². The van der Waals surface area contributed by atoms with Crippen molar-refractivity contribution in [1.29, 1.82) is 0 Å². The van der Waals surface area contributed by atoms with Gasteiger partial charge in [0.25, 0.3) is 0 Å². The Morgan fingerprint density at radius 1 is 0.778 bits per heavy atom. The van der Waals surface area contributed by atoms with Gasteiger partial charge in [0, 0.05) is 41.5 Å². The molecule has 2 N–H and O–H groups in total. The first-order valence-electron chi connectivity index (χ1n) is 18.4. The average molecular weight is 759 g/mol. The van der Waals surface area contributed by atoms with Crippen LogP contribution in [0.15, 0.2) is 107 Å². The lowest BCUT2D eigenvalue weighted by Gasteiger charge is -2.36. The third-order valence-corrected chi connectivity index (χ3v) is 10.4. The number of cyclic esters (lactones) is 2. The number of carbonyl (C=O) groups is 2. The summed E-state index contributed by atoms with van der Waals surface area (Å²) in [5.41, 5.74) is -1.32. The summed E-state index contributed by atoms with van der Waals surface area (Å²) in [4.78, 5) is 35.4. The number of ether oxygens (including phenoxy) is 3. The van der Waals surface area contributed by atoms with Crippen LogP contribution in [0, 0.1) is 16.7 Å². The van der Waals surface area contributed by atoms with Gasteiger partial charge in [-0.15, -0.1) is 11.3 Å². The highest BCUT2D eigenvalue weighted by molar-refractivity contribution is 7.09. The fourth-order valence-electron chi connectivity index (χ4n) is 5.68. The van der Waals surface area contributed by atoms with E-state index >= 15 is 0 Å². The van der Waals surface area contributed by atoms with Crippen molar-refractivity contribution in [2.75, 3.05) is 0 Å². The lowest BCUT2D eigenvalue weighted by molar-refractivity contribution is -0.0461. The number of aliphatic hydroxyl groups excluding tert-OH is 2. The van der Waals surface area contributed by atoms with E-state index in [-0.39, 0.29) is 35.4 Å². The molecule has 2 aromatic heterocycles. The predicted octanol–water partition coefficient (Wildman–Crippen LogP) is 8.34. The number of aliphatic hydroxyl groups is 2. The molecule has 0 aromatic carbocycles. The summed E-state index contributed by atoms with van der Waals surface area (Å²) in [5, 5.41) is 24.3. The van der Waals surface area contributed by atoms with E-state index in [1.54, 1.807) is 41.8 Å². The van der Waals surface area contributed by atoms with Crippen molar-refractivity contribution >= 4 is 29.4 Å². The number of esters is 2. The number of hydrogen-bond acceptors (Lipinski definition) is 11. The van der Waals surface area contributed by atoms with Crippen LogP contribution in [0.25, 0.3) is 6.08 Å². The van der Waals surface area contributed by atoms with E-state index in [1.165, 1.54) is 17.6 Å². The minimum absolute atomic E-state index is 0.0258. The number of rotatable bonds is 6. The van der Waals surface area contributed by atoms with Crippen LogP contribution in [0.4, 0.5) is 0 Å². The summed E-state index contributed by atoms with van der Waals surface area (Å²) in [6, 6.07) is 0. The van der Waals surface area contributed by atoms with Crippen molar-refractivity contribution < 1.29 is 38.4 Å². The summed E-state index contributed by atoms with van der Waals surface area (Å²) >= 11 is 1.41. The highest BCUT2D eigenvalue weighted by Crippen LogP contribution is 2.34. The zero-order valence-corrected chi connectivity index (χ0v) is 33.0. The Kier molecular flexibility index (Phi) is 15.5. The minimum Gasteiger partial charge on any atom is -0.457 e. The van der Waals surface area contributed by atoms with Gasteiger partial charge in [-0.1, -0.05) is 126 Å². The molecular weight excluding hydrogens is 705 g/mol. The number of epoxide rings is 1. The van der Waals surface area contributed by atoms with Crippen molar-refractivity contribution in [3.8, 4) is 0 Å². The average Bonchev–Trinajstić information content (AvgIpc) is 3.45. The summed E-state index contributed by atoms with van der Waals surface area (Å²) in [7, 11) is 0. The third kappa shape index (κ3) is 12.0. The maximum atomic E-state index is 13.3. The predicted molar refractivity (Wildman–Crippen MR) is 212 cm³/mol. The number of hydrogen-bond donors (Lipinski definition) is 2. The van der Waals surface area contributed by atoms with E-state index in [4.69, 9.17) is 18.6 Å². The van der Waals surface area contributed by atoms with E-state index in [0.717, 1.165) is 5.01 Å². The molecule has 290 valence electrons. The van der Waals surface area contributed by atoms with Crippen molar-refractivity contribution in [3.63, 3.8) is 0 Å². The minimum atomic E-state index is -0.851. The summed E-state index contributed by atoms with van der Waals surface area (Å²) in [5.74, 6) is -0.797. The number of oxazole rings is 1. The van der Waals surface area contributed by atoms with Crippen molar-refractivity contribution in [3.05, 3.63) is 125 Å². The number of fused-ring (bicyclic) bond motifs is 5. The normalized spacial score (nSPS) is 28.6. The molecule has 0 radical (unpaired) electrons. The van der Waals surface area contributed by atoms with Crippen LogP contribution in [0.3, 0.4) is 0 Å². The summed E-state index contributed by atoms with van der Waals surface area (Å²) < 4.78 is 23.2. The monoisotopic (exact) mass is 758 g/mol. The first-order chi connectivity index (χ1) is 25.8. The van der Waals surface area contributed by atoms with Crippen molar-refractivity contribution in [2.45, 2.75) is 104 Å². The zero-order valence-electron chi connectivity index (χ0n) is 32.2. The first kappa shape index (κ1) is 42.3. The highest BCUT2D eigenvalue weighted by atomic mass is 32.1. The van der Waals surface area contributed by atoms with E-state index in [9.17, 15) is 19.8 Å². The molecule has 0 amide bonds. The molecule has 2 aliphatic rings. The second-order valence-corrected chi connectivity index (χ2v) is 15.6. The largest absolute Gasteiger partial charge is 0.457 e. The lowest BCUT2D eigenvalue weighted by Crippen LogP contribution is -2.42. The second-order valence-electron chi connectivity index (χ2n) is 14.7. The van der Waals surface area contributed by atoms with Crippen LogP contribution >= 0.6 is 11.3 Å². The summed E-state index contributed by atoms with van der Waals surface area (Å²) in [6.07, 6.45) is 28.7. The summed E-state index contributed by atoms with van der Waals surface area (Å²) in [6.45, 7) is 13.2. The van der Waals surface area contributed by atoms with Crippen LogP contribution < -0.4 is 0 Å². The molecule has 0 spiro atoms. The molecule has 0 unspecified atom stereocenters. The molecule has 7 atom stereocenters. The Bertz CT molecular complexity index is 1790. The Morgan fingerprint density at radius 2 is 1.37 bits per heavy atom. The maximum absolute atomic E-state index is 13.3. The maximum Gasteiger partial charge on any atom is 0.360 e. The second kappa shape index (κ2) is 19.8. The fraction of sp³-hybridized carbons (Fsp3) is 0.442. The van der Waals surface area contributed by atoms with Gasteiger partial charge < -0.3 is 28.8 Å². The number of carbonyl (C=O) groups excluding carboxylic acids is 2. The molecule has 4 heterocycles. The number of thiazole rings is 1. The topological polar surface area (TPSA) is 145 Å². The molecule has 2 aromatic rings. The molecule has 4 rings (SSSR count).